The molecule has 108 valence electrons. The molecule has 0 bridgehead atoms. The molecule has 0 aromatic heterocycles. The maximum atomic E-state index is 10.5. The van der Waals surface area contributed by atoms with Crippen molar-refractivity contribution in [3.63, 3.8) is 0 Å². The molecule has 4 N–H and O–H groups in total. The van der Waals surface area contributed by atoms with Crippen LogP contribution in [0.3, 0.4) is 0 Å². The summed E-state index contributed by atoms with van der Waals surface area (Å²) in [7, 11) is -10.1. The Kier molecular flexibility index (Phi) is 4.63. The number of hydrogen-bond donors (Lipinski definition) is 4. The van der Waals surface area contributed by atoms with Crippen LogP contribution in [0.4, 0.5) is 0 Å². The summed E-state index contributed by atoms with van der Waals surface area (Å²) in [5.41, 5.74) is 0. The normalized spacial score (nSPS) is 34.4. The fourth-order valence-electron chi connectivity index (χ4n) is 1.27. The Morgan fingerprint density at radius 3 is 1.83 bits per heavy atom. The molecule has 1 rings (SSSR count). The number of aliphatic hydroxyl groups excluding tert-OH is 2. The summed E-state index contributed by atoms with van der Waals surface area (Å²) in [6.07, 6.45) is -7.78. The van der Waals surface area contributed by atoms with Crippen LogP contribution in [0, 0.1) is 0 Å². The summed E-state index contributed by atoms with van der Waals surface area (Å²) in [4.78, 5) is 0. The molecular weight excluding hydrogens is 300 g/mol. The fraction of sp³-hybridized carbons (Fsp3) is 1.00. The van der Waals surface area contributed by atoms with Gasteiger partial charge in [0.25, 0.3) is 0 Å². The fourth-order valence-corrected chi connectivity index (χ4v) is 2.27. The van der Waals surface area contributed by atoms with Crippen LogP contribution in [0.2, 0.25) is 0 Å². The third-order valence-corrected chi connectivity index (χ3v) is 2.82. The third kappa shape index (κ3) is 4.71. The molecule has 1 aliphatic heterocycles. The van der Waals surface area contributed by atoms with Crippen molar-refractivity contribution in [1.82, 2.24) is 0 Å². The van der Waals surface area contributed by atoms with Crippen LogP contribution in [0.15, 0.2) is 0 Å². The minimum atomic E-state index is -5.08. The van der Waals surface area contributed by atoms with Gasteiger partial charge in [-0.05, 0) is 0 Å². The Balaban J connectivity index is 2.97. The van der Waals surface area contributed by atoms with E-state index in [4.69, 9.17) is 9.11 Å². The van der Waals surface area contributed by atoms with E-state index >= 15 is 0 Å². The van der Waals surface area contributed by atoms with E-state index in [0.29, 0.717) is 0 Å². The van der Waals surface area contributed by atoms with Crippen molar-refractivity contribution >= 4 is 20.8 Å². The quantitative estimate of drug-likeness (QED) is 0.391. The zero-order valence-corrected chi connectivity index (χ0v) is 10.1. The highest BCUT2D eigenvalue weighted by molar-refractivity contribution is 7.81. The van der Waals surface area contributed by atoms with Crippen molar-refractivity contribution in [3.8, 4) is 0 Å². The van der Waals surface area contributed by atoms with E-state index in [1.54, 1.807) is 0 Å². The molecule has 0 amide bonds. The third-order valence-electron chi connectivity index (χ3n) is 1.89. The van der Waals surface area contributed by atoms with Gasteiger partial charge in [0.2, 0.25) is 0 Å². The van der Waals surface area contributed by atoms with Crippen LogP contribution in [0.1, 0.15) is 0 Å². The van der Waals surface area contributed by atoms with E-state index in [1.807, 2.05) is 0 Å². The van der Waals surface area contributed by atoms with Gasteiger partial charge < -0.3 is 14.9 Å². The first-order valence-electron chi connectivity index (χ1n) is 4.29. The van der Waals surface area contributed by atoms with E-state index in [0.717, 1.165) is 0 Å². The van der Waals surface area contributed by atoms with E-state index in [9.17, 15) is 27.0 Å². The van der Waals surface area contributed by atoms with Crippen molar-refractivity contribution in [3.05, 3.63) is 0 Å². The summed E-state index contributed by atoms with van der Waals surface area (Å²) in [5.74, 6) is 0. The van der Waals surface area contributed by atoms with Crippen LogP contribution in [0.25, 0.3) is 0 Å². The Hall–Kier alpha value is -0.380. The Morgan fingerprint density at radius 1 is 0.944 bits per heavy atom. The first-order chi connectivity index (χ1) is 7.99. The van der Waals surface area contributed by atoms with E-state index in [2.05, 4.69) is 13.1 Å². The van der Waals surface area contributed by atoms with Crippen molar-refractivity contribution in [2.24, 2.45) is 0 Å². The molecular formula is C5H10O11S2. The lowest BCUT2D eigenvalue weighted by Gasteiger charge is -2.35. The summed E-state index contributed by atoms with van der Waals surface area (Å²) >= 11 is 0. The molecule has 0 saturated carbocycles. The number of hydrogen-bond acceptors (Lipinski definition) is 9. The largest absolute Gasteiger partial charge is 0.397 e. The lowest BCUT2D eigenvalue weighted by Crippen LogP contribution is -2.56. The van der Waals surface area contributed by atoms with Crippen molar-refractivity contribution < 1.29 is 49.3 Å². The van der Waals surface area contributed by atoms with Gasteiger partial charge >= 0.3 is 20.8 Å². The molecule has 0 aromatic carbocycles. The Labute approximate surface area is 102 Å². The summed E-state index contributed by atoms with van der Waals surface area (Å²) in [5, 5.41) is 18.6. The minimum Gasteiger partial charge on any atom is -0.388 e. The van der Waals surface area contributed by atoms with E-state index in [1.165, 1.54) is 0 Å². The smallest absolute Gasteiger partial charge is 0.388 e. The number of rotatable bonds is 4. The van der Waals surface area contributed by atoms with Gasteiger partial charge in [0, 0.05) is 0 Å². The van der Waals surface area contributed by atoms with Gasteiger partial charge in [-0.15, -0.1) is 0 Å². The molecule has 0 unspecified atom stereocenters. The van der Waals surface area contributed by atoms with Gasteiger partial charge in [-0.25, -0.2) is 8.37 Å². The molecule has 18 heavy (non-hydrogen) atoms. The second-order valence-electron chi connectivity index (χ2n) is 3.27. The van der Waals surface area contributed by atoms with Crippen molar-refractivity contribution in [2.45, 2.75) is 24.6 Å². The summed E-state index contributed by atoms with van der Waals surface area (Å²) < 4.78 is 71.1. The van der Waals surface area contributed by atoms with E-state index in [-0.39, 0.29) is 0 Å². The molecule has 0 radical (unpaired) electrons. The molecule has 0 aliphatic carbocycles. The summed E-state index contributed by atoms with van der Waals surface area (Å²) in [6, 6.07) is 0. The highest BCUT2D eigenvalue weighted by Crippen LogP contribution is 2.22. The molecule has 0 aromatic rings. The van der Waals surface area contributed by atoms with Gasteiger partial charge in [-0.2, -0.15) is 16.8 Å². The maximum absolute atomic E-state index is 10.5. The van der Waals surface area contributed by atoms with Gasteiger partial charge in [0.1, 0.15) is 12.2 Å². The lowest BCUT2D eigenvalue weighted by molar-refractivity contribution is -0.239. The zero-order valence-electron chi connectivity index (χ0n) is 8.48. The highest BCUT2D eigenvalue weighted by atomic mass is 32.3. The maximum Gasteiger partial charge on any atom is 0.397 e. The lowest BCUT2D eigenvalue weighted by atomic mass is 10.1. The first kappa shape index (κ1) is 15.7. The van der Waals surface area contributed by atoms with Crippen LogP contribution >= 0.6 is 0 Å². The monoisotopic (exact) mass is 310 g/mol. The topological polar surface area (TPSA) is 177 Å². The molecule has 13 heteroatoms. The first-order valence-corrected chi connectivity index (χ1v) is 7.02. The Morgan fingerprint density at radius 2 is 1.39 bits per heavy atom. The van der Waals surface area contributed by atoms with Gasteiger partial charge in [-0.1, -0.05) is 0 Å². The molecule has 1 saturated heterocycles. The van der Waals surface area contributed by atoms with Crippen molar-refractivity contribution in [1.29, 1.82) is 0 Å². The molecule has 1 aliphatic rings. The average Bonchev–Trinajstić information content (AvgIpc) is 2.14. The van der Waals surface area contributed by atoms with Crippen LogP contribution in [0.5, 0.6) is 0 Å². The van der Waals surface area contributed by atoms with Crippen LogP contribution < -0.4 is 0 Å². The highest BCUT2D eigenvalue weighted by Gasteiger charge is 2.45. The second kappa shape index (κ2) is 5.32. The second-order valence-corrected chi connectivity index (χ2v) is 5.36. The van der Waals surface area contributed by atoms with Gasteiger partial charge in [0.05, 0.1) is 6.61 Å². The molecule has 11 nitrogen and oxygen atoms in total. The predicted molar refractivity (Wildman–Crippen MR) is 50.8 cm³/mol. The molecule has 0 spiro atoms. The predicted octanol–water partition coefficient (Wildman–Crippen LogP) is -2.93. The van der Waals surface area contributed by atoms with Crippen molar-refractivity contribution in [2.75, 3.05) is 6.61 Å². The SMILES string of the molecule is O=S(=O)(O)O[C@@H]1[C@@H](OS(=O)(=O)O)[C@H](O)OC[C@H]1O. The minimum absolute atomic E-state index is 0.604. The molecule has 1 heterocycles. The molecule has 1 fully saturated rings. The standard InChI is InChI=1S/C5H10O11S2/c6-2-1-14-5(7)4(16-18(11,12)13)3(2)15-17(8,9)10/h2-7H,1H2,(H,8,9,10)(H,11,12,13)/t2-,3+,4-,5-/m1/s1. The van der Waals surface area contributed by atoms with Gasteiger partial charge in [0.15, 0.2) is 12.4 Å². The summed E-state index contributed by atoms with van der Waals surface area (Å²) in [6.45, 7) is -0.604. The average molecular weight is 310 g/mol. The molecule has 4 atom stereocenters. The van der Waals surface area contributed by atoms with Crippen LogP contribution in [-0.2, 0) is 33.9 Å². The zero-order chi connectivity index (χ0) is 14.1. The van der Waals surface area contributed by atoms with E-state index < -0.39 is 52.0 Å². The number of aliphatic hydroxyl groups is 2. The van der Waals surface area contributed by atoms with Crippen LogP contribution in [-0.4, -0.2) is 67.4 Å². The number of ether oxygens (including phenoxy) is 1. The van der Waals surface area contributed by atoms with Gasteiger partial charge in [-0.3, -0.25) is 9.11 Å². The Bertz CT molecular complexity index is 434.